The zero-order chi connectivity index (χ0) is 15.0. The summed E-state index contributed by atoms with van der Waals surface area (Å²) in [5.74, 6) is 0.0305. The number of halogens is 1. The summed E-state index contributed by atoms with van der Waals surface area (Å²) >= 11 is 0. The molecule has 0 atom stereocenters. The van der Waals surface area contributed by atoms with Gasteiger partial charge in [0.2, 0.25) is 0 Å². The van der Waals surface area contributed by atoms with Crippen molar-refractivity contribution < 1.29 is 9.18 Å². The van der Waals surface area contributed by atoms with Gasteiger partial charge in [-0.2, -0.15) is 0 Å². The van der Waals surface area contributed by atoms with Crippen LogP contribution >= 0.6 is 0 Å². The van der Waals surface area contributed by atoms with Crippen molar-refractivity contribution in [2.75, 3.05) is 18.4 Å². The van der Waals surface area contributed by atoms with Crippen molar-refractivity contribution in [3.05, 3.63) is 29.6 Å². The van der Waals surface area contributed by atoms with Crippen LogP contribution in [-0.4, -0.2) is 19.0 Å². The molecule has 0 bridgehead atoms. The van der Waals surface area contributed by atoms with E-state index in [1.165, 1.54) is 6.07 Å². The minimum absolute atomic E-state index is 0.216. The van der Waals surface area contributed by atoms with E-state index in [1.807, 2.05) is 6.92 Å². The molecule has 0 saturated carbocycles. The van der Waals surface area contributed by atoms with Gasteiger partial charge in [0, 0.05) is 13.1 Å². The lowest BCUT2D eigenvalue weighted by atomic mass is 10.1. The van der Waals surface area contributed by atoms with E-state index in [4.69, 9.17) is 0 Å². The van der Waals surface area contributed by atoms with Crippen molar-refractivity contribution in [3.8, 4) is 0 Å². The number of nitrogens with one attached hydrogen (secondary N) is 2. The molecule has 2 N–H and O–H groups in total. The largest absolute Gasteiger partial charge is 0.382 e. The highest BCUT2D eigenvalue weighted by Gasteiger charge is 2.14. The molecule has 1 rings (SSSR count). The van der Waals surface area contributed by atoms with E-state index in [0.29, 0.717) is 30.3 Å². The van der Waals surface area contributed by atoms with E-state index in [9.17, 15) is 9.18 Å². The molecule has 0 aromatic heterocycles. The lowest BCUT2D eigenvalue weighted by Gasteiger charge is -2.13. The molecule has 0 radical (unpaired) electrons. The summed E-state index contributed by atoms with van der Waals surface area (Å²) in [5.41, 5.74) is 0.679. The Bertz CT molecular complexity index is 432. The maximum atomic E-state index is 13.8. The number of amides is 1. The van der Waals surface area contributed by atoms with Gasteiger partial charge in [-0.25, -0.2) is 4.39 Å². The van der Waals surface area contributed by atoms with Crippen molar-refractivity contribution in [1.82, 2.24) is 5.32 Å². The van der Waals surface area contributed by atoms with Crippen LogP contribution in [0.3, 0.4) is 0 Å². The fourth-order valence-corrected chi connectivity index (χ4v) is 1.95. The van der Waals surface area contributed by atoms with Crippen LogP contribution in [0.1, 0.15) is 50.4 Å². The average Bonchev–Trinajstić information content (AvgIpc) is 2.41. The summed E-state index contributed by atoms with van der Waals surface area (Å²) in [7, 11) is 0. The fraction of sp³-hybridized carbons (Fsp3) is 0.562. The van der Waals surface area contributed by atoms with E-state index >= 15 is 0 Å². The smallest absolute Gasteiger partial charge is 0.253 e. The van der Waals surface area contributed by atoms with Crippen LogP contribution < -0.4 is 10.6 Å². The SMILES string of the molecule is CCCNc1c(F)cccc1C(=O)NCCCC(C)C. The molecule has 1 amide bonds. The molecule has 0 fully saturated rings. The monoisotopic (exact) mass is 280 g/mol. The molecule has 4 heteroatoms. The Kier molecular flexibility index (Phi) is 7.05. The van der Waals surface area contributed by atoms with Gasteiger partial charge in [0.15, 0.2) is 0 Å². The summed E-state index contributed by atoms with van der Waals surface area (Å²) in [6.07, 6.45) is 2.89. The van der Waals surface area contributed by atoms with Crippen LogP contribution in [0.2, 0.25) is 0 Å². The molecule has 0 unspecified atom stereocenters. The van der Waals surface area contributed by atoms with Gasteiger partial charge in [-0.15, -0.1) is 0 Å². The van der Waals surface area contributed by atoms with E-state index < -0.39 is 0 Å². The standard InChI is InChI=1S/C16H25FN2O/c1-4-10-18-15-13(8-5-9-14(15)17)16(20)19-11-6-7-12(2)3/h5,8-9,12,18H,4,6-7,10-11H2,1-3H3,(H,19,20). The van der Waals surface area contributed by atoms with Crippen LogP contribution in [0.15, 0.2) is 18.2 Å². The van der Waals surface area contributed by atoms with Crippen LogP contribution in [0.25, 0.3) is 0 Å². The van der Waals surface area contributed by atoms with Gasteiger partial charge >= 0.3 is 0 Å². The average molecular weight is 280 g/mol. The number of carbonyl (C=O) groups is 1. The highest BCUT2D eigenvalue weighted by molar-refractivity contribution is 5.99. The van der Waals surface area contributed by atoms with Crippen LogP contribution in [0.5, 0.6) is 0 Å². The Morgan fingerprint density at radius 1 is 1.30 bits per heavy atom. The molecule has 1 aromatic rings. The first-order valence-corrected chi connectivity index (χ1v) is 7.36. The zero-order valence-electron chi connectivity index (χ0n) is 12.6. The summed E-state index contributed by atoms with van der Waals surface area (Å²) in [6.45, 7) is 7.58. The summed E-state index contributed by atoms with van der Waals surface area (Å²) in [6, 6.07) is 4.59. The van der Waals surface area contributed by atoms with Crippen molar-refractivity contribution in [3.63, 3.8) is 0 Å². The van der Waals surface area contributed by atoms with Gasteiger partial charge in [-0.1, -0.05) is 26.8 Å². The van der Waals surface area contributed by atoms with E-state index in [0.717, 1.165) is 19.3 Å². The second kappa shape index (κ2) is 8.56. The minimum Gasteiger partial charge on any atom is -0.382 e. The second-order valence-electron chi connectivity index (χ2n) is 5.38. The molecule has 112 valence electrons. The second-order valence-corrected chi connectivity index (χ2v) is 5.38. The Hall–Kier alpha value is -1.58. The highest BCUT2D eigenvalue weighted by atomic mass is 19.1. The number of hydrogen-bond acceptors (Lipinski definition) is 2. The lowest BCUT2D eigenvalue weighted by molar-refractivity contribution is 0.0953. The highest BCUT2D eigenvalue weighted by Crippen LogP contribution is 2.19. The molecule has 0 aliphatic rings. The Morgan fingerprint density at radius 3 is 2.70 bits per heavy atom. The summed E-state index contributed by atoms with van der Waals surface area (Å²) in [4.78, 5) is 12.1. The first-order valence-electron chi connectivity index (χ1n) is 7.36. The number of benzene rings is 1. The fourth-order valence-electron chi connectivity index (χ4n) is 1.95. The number of anilines is 1. The van der Waals surface area contributed by atoms with Gasteiger partial charge in [-0.3, -0.25) is 4.79 Å². The molecule has 0 aliphatic carbocycles. The third-order valence-corrected chi connectivity index (χ3v) is 3.05. The molecule has 0 aliphatic heterocycles. The number of hydrogen-bond donors (Lipinski definition) is 2. The normalized spacial score (nSPS) is 10.7. The first kappa shape index (κ1) is 16.5. The third-order valence-electron chi connectivity index (χ3n) is 3.05. The van der Waals surface area contributed by atoms with Crippen molar-refractivity contribution >= 4 is 11.6 Å². The molecule has 0 spiro atoms. The summed E-state index contributed by atoms with van der Waals surface area (Å²) < 4.78 is 13.8. The van der Waals surface area contributed by atoms with Gasteiger partial charge < -0.3 is 10.6 Å². The molecule has 1 aromatic carbocycles. The zero-order valence-corrected chi connectivity index (χ0v) is 12.6. The van der Waals surface area contributed by atoms with Crippen molar-refractivity contribution in [1.29, 1.82) is 0 Å². The first-order chi connectivity index (χ1) is 9.56. The van der Waals surface area contributed by atoms with Gasteiger partial charge in [-0.05, 0) is 37.3 Å². The Morgan fingerprint density at radius 2 is 2.05 bits per heavy atom. The van der Waals surface area contributed by atoms with Crippen molar-refractivity contribution in [2.24, 2.45) is 5.92 Å². The van der Waals surface area contributed by atoms with Crippen LogP contribution in [0.4, 0.5) is 10.1 Å². The Labute approximate surface area is 121 Å². The van der Waals surface area contributed by atoms with Crippen molar-refractivity contribution in [2.45, 2.75) is 40.0 Å². The predicted octanol–water partition coefficient (Wildman–Crippen LogP) is 3.81. The van der Waals surface area contributed by atoms with E-state index in [2.05, 4.69) is 24.5 Å². The topological polar surface area (TPSA) is 41.1 Å². The number of para-hydroxylation sites is 1. The minimum atomic E-state index is -0.381. The Balaban J connectivity index is 2.64. The maximum absolute atomic E-state index is 13.8. The molecule has 3 nitrogen and oxygen atoms in total. The molecular formula is C16H25FN2O. The molecule has 0 heterocycles. The number of carbonyl (C=O) groups excluding carboxylic acids is 1. The van der Waals surface area contributed by atoms with E-state index in [-0.39, 0.29) is 11.7 Å². The van der Waals surface area contributed by atoms with Gasteiger partial charge in [0.25, 0.3) is 5.91 Å². The third kappa shape index (κ3) is 5.19. The molecule has 20 heavy (non-hydrogen) atoms. The lowest BCUT2D eigenvalue weighted by Crippen LogP contribution is -2.26. The molecule has 0 saturated heterocycles. The van der Waals surface area contributed by atoms with Crippen LogP contribution in [-0.2, 0) is 0 Å². The summed E-state index contributed by atoms with van der Waals surface area (Å²) in [5, 5.41) is 5.84. The molecular weight excluding hydrogens is 255 g/mol. The predicted molar refractivity (Wildman–Crippen MR) is 81.6 cm³/mol. The van der Waals surface area contributed by atoms with Gasteiger partial charge in [0.05, 0.1) is 11.3 Å². The van der Waals surface area contributed by atoms with Crippen LogP contribution in [0, 0.1) is 11.7 Å². The maximum Gasteiger partial charge on any atom is 0.253 e. The quantitative estimate of drug-likeness (QED) is 0.711. The van der Waals surface area contributed by atoms with E-state index in [1.54, 1.807) is 12.1 Å². The number of rotatable bonds is 8. The van der Waals surface area contributed by atoms with Gasteiger partial charge in [0.1, 0.15) is 5.82 Å².